The first-order valence-electron chi connectivity index (χ1n) is 13.3. The Morgan fingerprint density at radius 2 is 1.70 bits per heavy atom. The molecule has 0 aromatic heterocycles. The summed E-state index contributed by atoms with van der Waals surface area (Å²) in [6.07, 6.45) is 21.1. The lowest BCUT2D eigenvalue weighted by molar-refractivity contribution is -0.148. The van der Waals surface area contributed by atoms with Gasteiger partial charge in [-0.1, -0.05) is 87.9 Å². The van der Waals surface area contributed by atoms with Crippen molar-refractivity contribution in [1.29, 1.82) is 0 Å². The summed E-state index contributed by atoms with van der Waals surface area (Å²) >= 11 is 0. The highest BCUT2D eigenvalue weighted by Gasteiger charge is 2.22. The second-order valence-electron chi connectivity index (χ2n) is 9.48. The molecule has 4 heteroatoms. The van der Waals surface area contributed by atoms with Crippen LogP contribution in [0.3, 0.4) is 0 Å². The molecule has 2 rings (SSSR count). The molecule has 0 bridgehead atoms. The third-order valence-electron chi connectivity index (χ3n) is 6.15. The summed E-state index contributed by atoms with van der Waals surface area (Å²) in [4.78, 5) is 24.1. The largest absolute Gasteiger partial charge is 0.462 e. The number of nitrogens with one attached hydrogen (secondary N) is 1. The second-order valence-corrected chi connectivity index (χ2v) is 9.48. The molecule has 0 heterocycles. The number of rotatable bonds is 19. The number of amides is 1. The molecule has 0 aliphatic heterocycles. The standard InChI is InChI=1S/C29H45NO3/c1-2-3-4-14-19-27(33-29(32)24-25-17-12-11-13-18-25)20-15-9-7-5-6-8-10-16-21-28(31)30-26-22-23-26/h9,11-13,15,17-18,26-27H,2-8,10,14,16,19-24H2,1H3,(H,30,31)/b15-9-/t27-/m1/s1. The third kappa shape index (κ3) is 14.6. The highest BCUT2D eigenvalue weighted by Crippen LogP contribution is 2.19. The van der Waals surface area contributed by atoms with Gasteiger partial charge in [0.15, 0.2) is 0 Å². The Morgan fingerprint density at radius 3 is 2.45 bits per heavy atom. The van der Waals surface area contributed by atoms with Gasteiger partial charge in [0.25, 0.3) is 0 Å². The fourth-order valence-corrected chi connectivity index (χ4v) is 3.99. The minimum atomic E-state index is -0.124. The molecule has 0 radical (unpaired) electrons. The first kappa shape index (κ1) is 27.1. The summed E-state index contributed by atoms with van der Waals surface area (Å²) in [6, 6.07) is 10.3. The maximum atomic E-state index is 12.4. The summed E-state index contributed by atoms with van der Waals surface area (Å²) in [5.41, 5.74) is 1.01. The van der Waals surface area contributed by atoms with Crippen molar-refractivity contribution in [1.82, 2.24) is 5.32 Å². The predicted molar refractivity (Wildman–Crippen MR) is 136 cm³/mol. The number of hydrogen-bond acceptors (Lipinski definition) is 3. The molecular weight excluding hydrogens is 410 g/mol. The van der Waals surface area contributed by atoms with Crippen molar-refractivity contribution in [2.75, 3.05) is 0 Å². The maximum Gasteiger partial charge on any atom is 0.310 e. The van der Waals surface area contributed by atoms with Gasteiger partial charge in [0, 0.05) is 18.9 Å². The Hall–Kier alpha value is -2.10. The van der Waals surface area contributed by atoms with Gasteiger partial charge in [-0.15, -0.1) is 0 Å². The number of ether oxygens (including phenoxy) is 1. The smallest absolute Gasteiger partial charge is 0.310 e. The number of benzene rings is 1. The number of carbonyl (C=O) groups excluding carboxylic acids is 2. The lowest BCUT2D eigenvalue weighted by Crippen LogP contribution is -2.24. The van der Waals surface area contributed by atoms with Gasteiger partial charge < -0.3 is 10.1 Å². The minimum Gasteiger partial charge on any atom is -0.462 e. The fourth-order valence-electron chi connectivity index (χ4n) is 3.99. The molecule has 4 nitrogen and oxygen atoms in total. The molecule has 1 atom stereocenters. The molecule has 0 unspecified atom stereocenters. The van der Waals surface area contributed by atoms with Crippen molar-refractivity contribution in [3.05, 3.63) is 48.0 Å². The number of unbranched alkanes of at least 4 members (excludes halogenated alkanes) is 8. The van der Waals surface area contributed by atoms with Crippen LogP contribution in [-0.2, 0) is 20.7 Å². The van der Waals surface area contributed by atoms with Crippen LogP contribution in [0.4, 0.5) is 0 Å². The van der Waals surface area contributed by atoms with Crippen LogP contribution in [0.15, 0.2) is 42.5 Å². The molecular formula is C29H45NO3. The fraction of sp³-hybridized carbons (Fsp3) is 0.655. The van der Waals surface area contributed by atoms with Crippen LogP contribution < -0.4 is 5.32 Å². The van der Waals surface area contributed by atoms with E-state index in [1.807, 2.05) is 30.3 Å². The van der Waals surface area contributed by atoms with E-state index in [1.165, 1.54) is 38.5 Å². The average molecular weight is 456 g/mol. The number of esters is 1. The van der Waals surface area contributed by atoms with Gasteiger partial charge in [-0.25, -0.2) is 0 Å². The lowest BCUT2D eigenvalue weighted by Gasteiger charge is -2.16. The number of allylic oxidation sites excluding steroid dienone is 1. The SMILES string of the molecule is CCCCCC[C@H](C/C=C\CCCCCCCC(=O)NC1CC1)OC(=O)Cc1ccccc1. The minimum absolute atomic E-state index is 0.0175. The van der Waals surface area contributed by atoms with E-state index in [0.29, 0.717) is 18.9 Å². The Morgan fingerprint density at radius 1 is 0.970 bits per heavy atom. The Balaban J connectivity index is 1.56. The molecule has 1 saturated carbocycles. The zero-order valence-electron chi connectivity index (χ0n) is 20.7. The summed E-state index contributed by atoms with van der Waals surface area (Å²) in [5, 5.41) is 3.05. The van der Waals surface area contributed by atoms with Crippen LogP contribution >= 0.6 is 0 Å². The van der Waals surface area contributed by atoms with E-state index < -0.39 is 0 Å². The van der Waals surface area contributed by atoms with Gasteiger partial charge in [-0.3, -0.25) is 9.59 Å². The van der Waals surface area contributed by atoms with Crippen molar-refractivity contribution in [3.8, 4) is 0 Å². The second kappa shape index (κ2) is 17.4. The van der Waals surface area contributed by atoms with Gasteiger partial charge in [-0.05, 0) is 50.5 Å². The van der Waals surface area contributed by atoms with E-state index in [1.54, 1.807) is 0 Å². The highest BCUT2D eigenvalue weighted by atomic mass is 16.5. The van der Waals surface area contributed by atoms with Crippen molar-refractivity contribution in [3.63, 3.8) is 0 Å². The Bertz CT molecular complexity index is 681. The summed E-state index contributed by atoms with van der Waals surface area (Å²) in [6.45, 7) is 2.21. The van der Waals surface area contributed by atoms with E-state index in [4.69, 9.17) is 4.74 Å². The van der Waals surface area contributed by atoms with Gasteiger partial charge >= 0.3 is 5.97 Å². The molecule has 1 aliphatic carbocycles. The van der Waals surface area contributed by atoms with Crippen LogP contribution in [0, 0.1) is 0 Å². The lowest BCUT2D eigenvalue weighted by atomic mass is 10.1. The molecule has 184 valence electrons. The van der Waals surface area contributed by atoms with E-state index in [0.717, 1.165) is 56.9 Å². The topological polar surface area (TPSA) is 55.4 Å². The zero-order chi connectivity index (χ0) is 23.6. The maximum absolute atomic E-state index is 12.4. The highest BCUT2D eigenvalue weighted by molar-refractivity contribution is 5.76. The molecule has 33 heavy (non-hydrogen) atoms. The predicted octanol–water partition coefficient (Wildman–Crippen LogP) is 7.07. The van der Waals surface area contributed by atoms with Crippen LogP contribution in [0.2, 0.25) is 0 Å². The summed E-state index contributed by atoms with van der Waals surface area (Å²) in [5.74, 6) is 0.107. The molecule has 1 aliphatic rings. The number of carbonyl (C=O) groups is 2. The Kier molecular flexibility index (Phi) is 14.3. The van der Waals surface area contributed by atoms with E-state index in [-0.39, 0.29) is 18.0 Å². The van der Waals surface area contributed by atoms with Crippen LogP contribution in [0.5, 0.6) is 0 Å². The first-order chi connectivity index (χ1) is 16.2. The van der Waals surface area contributed by atoms with E-state index >= 15 is 0 Å². The van der Waals surface area contributed by atoms with Crippen molar-refractivity contribution >= 4 is 11.9 Å². The zero-order valence-corrected chi connectivity index (χ0v) is 20.7. The van der Waals surface area contributed by atoms with Crippen molar-refractivity contribution in [2.45, 2.75) is 122 Å². The number of hydrogen-bond donors (Lipinski definition) is 1. The van der Waals surface area contributed by atoms with Crippen molar-refractivity contribution in [2.24, 2.45) is 0 Å². The monoisotopic (exact) mass is 455 g/mol. The molecule has 0 saturated heterocycles. The average Bonchev–Trinajstić information content (AvgIpc) is 3.62. The van der Waals surface area contributed by atoms with E-state index in [9.17, 15) is 9.59 Å². The van der Waals surface area contributed by atoms with Crippen LogP contribution in [0.1, 0.15) is 109 Å². The van der Waals surface area contributed by atoms with Crippen LogP contribution in [-0.4, -0.2) is 24.0 Å². The summed E-state index contributed by atoms with van der Waals surface area (Å²) < 4.78 is 5.83. The molecule has 1 aromatic carbocycles. The van der Waals surface area contributed by atoms with Gasteiger partial charge in [0.1, 0.15) is 6.10 Å². The third-order valence-corrected chi connectivity index (χ3v) is 6.15. The van der Waals surface area contributed by atoms with Gasteiger partial charge in [0.2, 0.25) is 5.91 Å². The van der Waals surface area contributed by atoms with E-state index in [2.05, 4.69) is 24.4 Å². The van der Waals surface area contributed by atoms with Gasteiger partial charge in [-0.2, -0.15) is 0 Å². The quantitative estimate of drug-likeness (QED) is 0.138. The Labute approximate surface area is 201 Å². The van der Waals surface area contributed by atoms with Gasteiger partial charge in [0.05, 0.1) is 6.42 Å². The molecule has 0 spiro atoms. The molecule has 1 fully saturated rings. The van der Waals surface area contributed by atoms with Crippen molar-refractivity contribution < 1.29 is 14.3 Å². The summed E-state index contributed by atoms with van der Waals surface area (Å²) in [7, 11) is 0. The normalized spacial score (nSPS) is 14.3. The van der Waals surface area contributed by atoms with Crippen LogP contribution in [0.25, 0.3) is 0 Å². The molecule has 1 amide bonds. The first-order valence-corrected chi connectivity index (χ1v) is 13.3. The molecule has 1 aromatic rings. The molecule has 1 N–H and O–H groups in total.